The molecule has 0 bridgehead atoms. The number of nitrogens with zero attached hydrogens (tertiary/aromatic N) is 1. The first-order valence-electron chi connectivity index (χ1n) is 7.33. The van der Waals surface area contributed by atoms with Crippen LogP contribution in [-0.4, -0.2) is 17.4 Å². The first kappa shape index (κ1) is 14.2. The van der Waals surface area contributed by atoms with E-state index in [0.29, 0.717) is 11.4 Å². The molecule has 1 aliphatic rings. The zero-order valence-electron chi connectivity index (χ0n) is 11.8. The minimum atomic E-state index is 0.198. The van der Waals surface area contributed by atoms with Gasteiger partial charge in [-0.15, -0.1) is 0 Å². The van der Waals surface area contributed by atoms with Crippen molar-refractivity contribution >= 4 is 17.5 Å². The highest BCUT2D eigenvalue weighted by Gasteiger charge is 2.29. The fourth-order valence-electron chi connectivity index (χ4n) is 2.97. The lowest BCUT2D eigenvalue weighted by molar-refractivity contribution is -0.131. The van der Waals surface area contributed by atoms with Gasteiger partial charge in [-0.1, -0.05) is 54.1 Å². The van der Waals surface area contributed by atoms with Gasteiger partial charge in [-0.25, -0.2) is 0 Å². The Bertz CT molecular complexity index is 609. The molecule has 2 aromatic carbocycles. The van der Waals surface area contributed by atoms with E-state index in [1.54, 1.807) is 0 Å². The molecule has 0 N–H and O–H groups in total. The predicted octanol–water partition coefficient (Wildman–Crippen LogP) is 4.25. The molecule has 108 valence electrons. The van der Waals surface area contributed by atoms with Crippen molar-refractivity contribution in [1.82, 2.24) is 4.90 Å². The molecule has 0 aliphatic carbocycles. The van der Waals surface area contributed by atoms with E-state index >= 15 is 0 Å². The predicted molar refractivity (Wildman–Crippen MR) is 85.3 cm³/mol. The number of halogens is 1. The van der Waals surface area contributed by atoms with Crippen LogP contribution >= 0.6 is 11.6 Å². The molecule has 1 fully saturated rings. The molecular weight excluding hydrogens is 282 g/mol. The molecule has 3 heteroatoms. The maximum Gasteiger partial charge on any atom is 0.227 e. The number of rotatable bonds is 3. The van der Waals surface area contributed by atoms with Crippen LogP contribution in [0, 0.1) is 0 Å². The number of amides is 1. The second-order valence-electron chi connectivity index (χ2n) is 5.46. The standard InChI is InChI=1S/C18H18ClNO/c19-16-10-8-14(9-11-16)13-18(21)20-12-4-7-17(20)15-5-2-1-3-6-15/h1-3,5-6,8-11,17H,4,7,12-13H2. The van der Waals surface area contributed by atoms with Crippen LogP contribution in [0.25, 0.3) is 0 Å². The van der Waals surface area contributed by atoms with Crippen LogP contribution in [0.2, 0.25) is 5.02 Å². The van der Waals surface area contributed by atoms with Crippen LogP contribution in [0.4, 0.5) is 0 Å². The van der Waals surface area contributed by atoms with Crippen molar-refractivity contribution in [3.05, 3.63) is 70.7 Å². The number of carbonyl (C=O) groups excluding carboxylic acids is 1. The molecule has 0 spiro atoms. The van der Waals surface area contributed by atoms with Crippen LogP contribution in [0.1, 0.15) is 30.0 Å². The molecule has 1 aliphatic heterocycles. The number of benzene rings is 2. The quantitative estimate of drug-likeness (QED) is 0.830. The molecular formula is C18H18ClNO. The van der Waals surface area contributed by atoms with E-state index in [2.05, 4.69) is 12.1 Å². The summed E-state index contributed by atoms with van der Waals surface area (Å²) >= 11 is 5.88. The maximum absolute atomic E-state index is 12.6. The summed E-state index contributed by atoms with van der Waals surface area (Å²) in [6, 6.07) is 18.1. The van der Waals surface area contributed by atoms with E-state index in [0.717, 1.165) is 24.9 Å². The summed E-state index contributed by atoms with van der Waals surface area (Å²) in [6.07, 6.45) is 2.57. The molecule has 1 unspecified atom stereocenters. The van der Waals surface area contributed by atoms with Crippen molar-refractivity contribution < 1.29 is 4.79 Å². The number of hydrogen-bond donors (Lipinski definition) is 0. The highest BCUT2D eigenvalue weighted by Crippen LogP contribution is 2.32. The monoisotopic (exact) mass is 299 g/mol. The highest BCUT2D eigenvalue weighted by atomic mass is 35.5. The lowest BCUT2D eigenvalue weighted by Gasteiger charge is -2.25. The van der Waals surface area contributed by atoms with Gasteiger partial charge in [0, 0.05) is 11.6 Å². The Labute approximate surface area is 130 Å². The molecule has 21 heavy (non-hydrogen) atoms. The van der Waals surface area contributed by atoms with Crippen molar-refractivity contribution in [1.29, 1.82) is 0 Å². The van der Waals surface area contributed by atoms with Crippen LogP contribution < -0.4 is 0 Å². The third-order valence-corrected chi connectivity index (χ3v) is 4.28. The summed E-state index contributed by atoms with van der Waals surface area (Å²) in [6.45, 7) is 0.853. The van der Waals surface area contributed by atoms with Gasteiger partial charge >= 0.3 is 0 Å². The van der Waals surface area contributed by atoms with Gasteiger partial charge in [-0.05, 0) is 36.1 Å². The van der Waals surface area contributed by atoms with E-state index in [1.165, 1.54) is 5.56 Å². The van der Waals surface area contributed by atoms with Crippen molar-refractivity contribution in [2.24, 2.45) is 0 Å². The van der Waals surface area contributed by atoms with Crippen LogP contribution in [-0.2, 0) is 11.2 Å². The van der Waals surface area contributed by atoms with Gasteiger partial charge < -0.3 is 4.90 Å². The molecule has 1 heterocycles. The van der Waals surface area contributed by atoms with E-state index in [1.807, 2.05) is 47.4 Å². The zero-order chi connectivity index (χ0) is 14.7. The summed E-state index contributed by atoms with van der Waals surface area (Å²) in [4.78, 5) is 14.6. The largest absolute Gasteiger partial charge is 0.335 e. The third-order valence-electron chi connectivity index (χ3n) is 4.03. The molecule has 1 atom stereocenters. The van der Waals surface area contributed by atoms with E-state index in [9.17, 15) is 4.79 Å². The highest BCUT2D eigenvalue weighted by molar-refractivity contribution is 6.30. The maximum atomic E-state index is 12.6. The van der Waals surface area contributed by atoms with E-state index < -0.39 is 0 Å². The number of hydrogen-bond acceptors (Lipinski definition) is 1. The van der Waals surface area contributed by atoms with Crippen molar-refractivity contribution in [2.45, 2.75) is 25.3 Å². The van der Waals surface area contributed by atoms with Crippen LogP contribution in [0.3, 0.4) is 0 Å². The summed E-state index contributed by atoms with van der Waals surface area (Å²) in [7, 11) is 0. The van der Waals surface area contributed by atoms with E-state index in [4.69, 9.17) is 11.6 Å². The Kier molecular flexibility index (Phi) is 4.26. The van der Waals surface area contributed by atoms with Gasteiger partial charge in [-0.3, -0.25) is 4.79 Å². The molecule has 0 aromatic heterocycles. The summed E-state index contributed by atoms with van der Waals surface area (Å²) < 4.78 is 0. The summed E-state index contributed by atoms with van der Waals surface area (Å²) in [5.41, 5.74) is 2.25. The Hall–Kier alpha value is -1.80. The van der Waals surface area contributed by atoms with Gasteiger partial charge in [0.1, 0.15) is 0 Å². The Morgan fingerprint density at radius 3 is 2.52 bits per heavy atom. The molecule has 2 aromatic rings. The van der Waals surface area contributed by atoms with Gasteiger partial charge in [0.15, 0.2) is 0 Å². The first-order valence-corrected chi connectivity index (χ1v) is 7.71. The van der Waals surface area contributed by atoms with Gasteiger partial charge in [0.2, 0.25) is 5.91 Å². The lowest BCUT2D eigenvalue weighted by atomic mass is 10.0. The van der Waals surface area contributed by atoms with Gasteiger partial charge in [0.25, 0.3) is 0 Å². The molecule has 0 radical (unpaired) electrons. The minimum Gasteiger partial charge on any atom is -0.335 e. The Morgan fingerprint density at radius 1 is 1.10 bits per heavy atom. The number of carbonyl (C=O) groups is 1. The van der Waals surface area contributed by atoms with Crippen molar-refractivity contribution in [3.8, 4) is 0 Å². The summed E-state index contributed by atoms with van der Waals surface area (Å²) in [5.74, 6) is 0.198. The van der Waals surface area contributed by atoms with Crippen LogP contribution in [0.15, 0.2) is 54.6 Å². The smallest absolute Gasteiger partial charge is 0.227 e. The minimum absolute atomic E-state index is 0.198. The molecule has 3 rings (SSSR count). The third kappa shape index (κ3) is 3.27. The van der Waals surface area contributed by atoms with Crippen molar-refractivity contribution in [3.63, 3.8) is 0 Å². The van der Waals surface area contributed by atoms with Crippen LogP contribution in [0.5, 0.6) is 0 Å². The lowest BCUT2D eigenvalue weighted by Crippen LogP contribution is -2.31. The summed E-state index contributed by atoms with van der Waals surface area (Å²) in [5, 5.41) is 0.703. The SMILES string of the molecule is O=C(Cc1ccc(Cl)cc1)N1CCCC1c1ccccc1. The van der Waals surface area contributed by atoms with Gasteiger partial charge in [0.05, 0.1) is 12.5 Å². The molecule has 1 amide bonds. The van der Waals surface area contributed by atoms with Gasteiger partial charge in [-0.2, -0.15) is 0 Å². The van der Waals surface area contributed by atoms with Crippen molar-refractivity contribution in [2.75, 3.05) is 6.54 Å². The second-order valence-corrected chi connectivity index (χ2v) is 5.90. The van der Waals surface area contributed by atoms with E-state index in [-0.39, 0.29) is 11.9 Å². The Morgan fingerprint density at radius 2 is 1.81 bits per heavy atom. The molecule has 1 saturated heterocycles. The molecule has 2 nitrogen and oxygen atoms in total. The average Bonchev–Trinajstić information content (AvgIpc) is 3.00. The topological polar surface area (TPSA) is 20.3 Å². The fraction of sp³-hybridized carbons (Fsp3) is 0.278. The fourth-order valence-corrected chi connectivity index (χ4v) is 3.09. The molecule has 0 saturated carbocycles. The average molecular weight is 300 g/mol. The number of likely N-dealkylation sites (tertiary alicyclic amines) is 1. The Balaban J connectivity index is 1.73. The first-order chi connectivity index (χ1) is 10.2. The second kappa shape index (κ2) is 6.31. The zero-order valence-corrected chi connectivity index (χ0v) is 12.6. The normalized spacial score (nSPS) is 18.0.